The maximum absolute atomic E-state index is 13.8. The molecule has 218 valence electrons. The first-order chi connectivity index (χ1) is 20.4. The lowest BCUT2D eigenvalue weighted by Gasteiger charge is -2.44. The van der Waals surface area contributed by atoms with Crippen molar-refractivity contribution < 1.29 is 9.59 Å². The number of amides is 2. The van der Waals surface area contributed by atoms with E-state index in [1.54, 1.807) is 11.8 Å². The first-order valence-electron chi connectivity index (χ1n) is 15.3. The van der Waals surface area contributed by atoms with E-state index in [2.05, 4.69) is 73.0 Å². The second-order valence-corrected chi connectivity index (χ2v) is 13.3. The summed E-state index contributed by atoms with van der Waals surface area (Å²) >= 11 is 1.76. The summed E-state index contributed by atoms with van der Waals surface area (Å²) in [7, 11) is 0. The number of fused-ring (bicyclic) bond motifs is 1. The van der Waals surface area contributed by atoms with Crippen molar-refractivity contribution in [1.82, 2.24) is 9.80 Å². The Labute approximate surface area is 254 Å². The summed E-state index contributed by atoms with van der Waals surface area (Å²) in [6.45, 7) is 10.2. The van der Waals surface area contributed by atoms with E-state index >= 15 is 0 Å². The Morgan fingerprint density at radius 1 is 0.881 bits per heavy atom. The molecule has 0 bridgehead atoms. The molecule has 0 spiro atoms. The minimum absolute atomic E-state index is 0.0763. The lowest BCUT2D eigenvalue weighted by molar-refractivity contribution is -0.130. The molecule has 1 aliphatic carbocycles. The normalized spacial score (nSPS) is 21.9. The number of thioether (sulfide) groups is 1. The lowest BCUT2D eigenvalue weighted by atomic mass is 9.92. The van der Waals surface area contributed by atoms with Crippen LogP contribution in [0.5, 0.6) is 0 Å². The highest BCUT2D eigenvalue weighted by Gasteiger charge is 2.40. The van der Waals surface area contributed by atoms with Gasteiger partial charge in [0, 0.05) is 55.3 Å². The molecule has 6 heteroatoms. The zero-order valence-electron chi connectivity index (χ0n) is 25.0. The Morgan fingerprint density at radius 2 is 1.62 bits per heavy atom. The standard InChI is InChI=1S/C36H41N3O2S/c1-25-12-13-27(3)32(22-25)37-18-20-38(21-19-37)35(40)29-16-14-28(15-17-29)23-34-36(41)39(24-30-9-5-4-8-26(30)2)31-10-6-7-11-33(31)42-34/h4-5,8-9,12-17,22-23,31,33H,6-7,10-11,18-21,24H2,1-3H3/b34-23+. The topological polar surface area (TPSA) is 43.9 Å². The van der Waals surface area contributed by atoms with Gasteiger partial charge in [0.1, 0.15) is 0 Å². The minimum Gasteiger partial charge on any atom is -0.368 e. The predicted octanol–water partition coefficient (Wildman–Crippen LogP) is 7.00. The Kier molecular flexibility index (Phi) is 8.43. The third-order valence-electron chi connectivity index (χ3n) is 9.15. The molecule has 5 nitrogen and oxygen atoms in total. The smallest absolute Gasteiger partial charge is 0.260 e. The van der Waals surface area contributed by atoms with Crippen LogP contribution in [-0.4, -0.2) is 59.1 Å². The van der Waals surface area contributed by atoms with Crippen molar-refractivity contribution in [3.8, 4) is 0 Å². The molecule has 3 aromatic rings. The van der Waals surface area contributed by atoms with E-state index in [0.717, 1.165) is 36.4 Å². The van der Waals surface area contributed by atoms with Crippen LogP contribution in [0.4, 0.5) is 5.69 Å². The summed E-state index contributed by atoms with van der Waals surface area (Å²) in [5.74, 6) is 0.209. The molecule has 6 rings (SSSR count). The van der Waals surface area contributed by atoms with Crippen molar-refractivity contribution in [2.75, 3.05) is 31.1 Å². The van der Waals surface area contributed by atoms with Gasteiger partial charge < -0.3 is 14.7 Å². The van der Waals surface area contributed by atoms with Gasteiger partial charge in [-0.05, 0) is 85.7 Å². The molecule has 2 atom stereocenters. The lowest BCUT2D eigenvalue weighted by Crippen LogP contribution is -2.50. The van der Waals surface area contributed by atoms with Crippen molar-refractivity contribution in [2.24, 2.45) is 0 Å². The molecule has 2 saturated heterocycles. The number of hydrogen-bond donors (Lipinski definition) is 0. The largest absolute Gasteiger partial charge is 0.368 e. The summed E-state index contributed by atoms with van der Waals surface area (Å²) in [4.78, 5) is 34.5. The van der Waals surface area contributed by atoms with Gasteiger partial charge in [0.15, 0.2) is 0 Å². The third kappa shape index (κ3) is 6.00. The maximum Gasteiger partial charge on any atom is 0.260 e. The van der Waals surface area contributed by atoms with Gasteiger partial charge in [0.2, 0.25) is 0 Å². The van der Waals surface area contributed by atoms with Crippen molar-refractivity contribution >= 4 is 35.3 Å². The van der Waals surface area contributed by atoms with Gasteiger partial charge >= 0.3 is 0 Å². The van der Waals surface area contributed by atoms with Gasteiger partial charge in [-0.25, -0.2) is 0 Å². The monoisotopic (exact) mass is 579 g/mol. The van der Waals surface area contributed by atoms with Crippen LogP contribution in [0.2, 0.25) is 0 Å². The van der Waals surface area contributed by atoms with E-state index < -0.39 is 0 Å². The molecule has 2 amide bonds. The fourth-order valence-electron chi connectivity index (χ4n) is 6.60. The summed E-state index contributed by atoms with van der Waals surface area (Å²) in [5.41, 5.74) is 7.92. The number of piperazine rings is 1. The first-order valence-corrected chi connectivity index (χ1v) is 16.2. The summed E-state index contributed by atoms with van der Waals surface area (Å²) in [6.07, 6.45) is 6.67. The van der Waals surface area contributed by atoms with E-state index in [9.17, 15) is 9.59 Å². The molecule has 3 aromatic carbocycles. The van der Waals surface area contributed by atoms with Crippen LogP contribution in [-0.2, 0) is 11.3 Å². The van der Waals surface area contributed by atoms with Crippen LogP contribution in [0.1, 0.15) is 63.9 Å². The summed E-state index contributed by atoms with van der Waals surface area (Å²) in [6, 6.07) is 23.1. The minimum atomic E-state index is 0.0763. The zero-order chi connectivity index (χ0) is 29.2. The van der Waals surface area contributed by atoms with Crippen LogP contribution in [0.3, 0.4) is 0 Å². The van der Waals surface area contributed by atoms with Gasteiger partial charge in [0.05, 0.1) is 4.91 Å². The Bertz CT molecular complexity index is 1490. The van der Waals surface area contributed by atoms with Crippen LogP contribution >= 0.6 is 11.8 Å². The van der Waals surface area contributed by atoms with E-state index in [4.69, 9.17) is 0 Å². The number of nitrogens with zero attached hydrogens (tertiary/aromatic N) is 3. The Morgan fingerprint density at radius 3 is 2.38 bits per heavy atom. The molecule has 2 heterocycles. The number of benzene rings is 3. The molecular weight excluding hydrogens is 538 g/mol. The van der Waals surface area contributed by atoms with Gasteiger partial charge in [-0.3, -0.25) is 9.59 Å². The predicted molar refractivity (Wildman–Crippen MR) is 174 cm³/mol. The van der Waals surface area contributed by atoms with Crippen LogP contribution < -0.4 is 4.90 Å². The molecule has 3 aliphatic rings. The van der Waals surface area contributed by atoms with Crippen LogP contribution in [0.25, 0.3) is 6.08 Å². The second kappa shape index (κ2) is 12.4. The average molecular weight is 580 g/mol. The average Bonchev–Trinajstić information content (AvgIpc) is 3.01. The Balaban J connectivity index is 1.14. The van der Waals surface area contributed by atoms with E-state index in [1.807, 2.05) is 35.2 Å². The molecule has 42 heavy (non-hydrogen) atoms. The number of carbonyl (C=O) groups is 2. The van der Waals surface area contributed by atoms with Crippen molar-refractivity contribution in [3.05, 3.63) is 105 Å². The molecule has 0 aromatic heterocycles. The Hall–Kier alpha value is -3.51. The molecular formula is C36H41N3O2S. The second-order valence-electron chi connectivity index (χ2n) is 12.1. The molecule has 2 unspecified atom stereocenters. The quantitative estimate of drug-likeness (QED) is 0.305. The van der Waals surface area contributed by atoms with E-state index in [-0.39, 0.29) is 11.8 Å². The number of anilines is 1. The fraction of sp³-hybridized carbons (Fsp3) is 0.389. The van der Waals surface area contributed by atoms with Gasteiger partial charge in [-0.2, -0.15) is 0 Å². The van der Waals surface area contributed by atoms with E-state index in [1.165, 1.54) is 40.8 Å². The van der Waals surface area contributed by atoms with Crippen molar-refractivity contribution in [1.29, 1.82) is 0 Å². The number of aryl methyl sites for hydroxylation is 3. The molecule has 0 radical (unpaired) electrons. The highest BCUT2D eigenvalue weighted by Crippen LogP contribution is 2.43. The summed E-state index contributed by atoms with van der Waals surface area (Å²) < 4.78 is 0. The van der Waals surface area contributed by atoms with Crippen LogP contribution in [0.15, 0.2) is 71.6 Å². The summed E-state index contributed by atoms with van der Waals surface area (Å²) in [5, 5.41) is 0.440. The molecule has 1 saturated carbocycles. The number of carbonyl (C=O) groups excluding carboxylic acids is 2. The zero-order valence-corrected chi connectivity index (χ0v) is 25.8. The van der Waals surface area contributed by atoms with Gasteiger partial charge in [-0.15, -0.1) is 11.8 Å². The first kappa shape index (κ1) is 28.6. The maximum atomic E-state index is 13.8. The SMILES string of the molecule is Cc1ccc(C)c(N2CCN(C(=O)c3ccc(/C=C4/SC5CCCCC5N(Cc5ccccc5C)C4=O)cc3)CC2)c1. The fourth-order valence-corrected chi connectivity index (χ4v) is 8.07. The number of hydrogen-bond acceptors (Lipinski definition) is 4. The highest BCUT2D eigenvalue weighted by molar-refractivity contribution is 8.04. The molecule has 0 N–H and O–H groups in total. The number of rotatable bonds is 5. The molecule has 2 aliphatic heterocycles. The van der Waals surface area contributed by atoms with Gasteiger partial charge in [0.25, 0.3) is 11.8 Å². The van der Waals surface area contributed by atoms with Crippen LogP contribution in [0, 0.1) is 20.8 Å². The third-order valence-corrected chi connectivity index (χ3v) is 10.5. The van der Waals surface area contributed by atoms with Crippen molar-refractivity contribution in [3.63, 3.8) is 0 Å². The van der Waals surface area contributed by atoms with Crippen molar-refractivity contribution in [2.45, 2.75) is 64.3 Å². The van der Waals surface area contributed by atoms with E-state index in [0.29, 0.717) is 36.5 Å². The highest BCUT2D eigenvalue weighted by atomic mass is 32.2. The molecule has 3 fully saturated rings. The van der Waals surface area contributed by atoms with Gasteiger partial charge in [-0.1, -0.05) is 61.4 Å².